The summed E-state index contributed by atoms with van der Waals surface area (Å²) in [5.74, 6) is -0.123. The summed E-state index contributed by atoms with van der Waals surface area (Å²) in [4.78, 5) is 10.8. The van der Waals surface area contributed by atoms with Crippen LogP contribution in [0.2, 0.25) is 10.0 Å². The molecule has 6 heteroatoms. The van der Waals surface area contributed by atoms with Crippen molar-refractivity contribution in [2.75, 3.05) is 0 Å². The molecule has 0 aliphatic carbocycles. The number of hydrogen-bond acceptors (Lipinski definition) is 3. The number of nitrogens with two attached hydrogens (primary N) is 1. The van der Waals surface area contributed by atoms with Crippen LogP contribution in [0.4, 0.5) is 4.79 Å². The third kappa shape index (κ3) is 3.77. The molecule has 1 rings (SSSR count). The maximum atomic E-state index is 10.8. The molecule has 0 bridgehead atoms. The zero-order valence-electron chi connectivity index (χ0n) is 10.1. The summed E-state index contributed by atoms with van der Waals surface area (Å²) in [7, 11) is 0. The van der Waals surface area contributed by atoms with Crippen molar-refractivity contribution in [1.29, 1.82) is 0 Å². The second kappa shape index (κ2) is 6.27. The third-order valence-electron chi connectivity index (χ3n) is 2.50. The minimum absolute atomic E-state index is 0.123. The van der Waals surface area contributed by atoms with Gasteiger partial charge in [-0.3, -0.25) is 0 Å². The van der Waals surface area contributed by atoms with E-state index in [1.54, 1.807) is 26.0 Å². The fourth-order valence-electron chi connectivity index (χ4n) is 1.62. The molecule has 2 atom stereocenters. The average Bonchev–Trinajstić information content (AvgIpc) is 2.27. The van der Waals surface area contributed by atoms with Crippen LogP contribution in [0.15, 0.2) is 18.2 Å². The molecule has 2 unspecified atom stereocenters. The summed E-state index contributed by atoms with van der Waals surface area (Å²) >= 11 is 11.8. The highest BCUT2D eigenvalue weighted by Crippen LogP contribution is 2.31. The number of halogens is 2. The fourth-order valence-corrected chi connectivity index (χ4v) is 2.03. The molecular formula is C12H15Cl2NO3. The Kier molecular flexibility index (Phi) is 5.26. The van der Waals surface area contributed by atoms with E-state index in [9.17, 15) is 9.90 Å². The maximum absolute atomic E-state index is 10.8. The number of aliphatic hydroxyl groups excluding tert-OH is 1. The van der Waals surface area contributed by atoms with Crippen molar-refractivity contribution in [3.63, 3.8) is 0 Å². The lowest BCUT2D eigenvalue weighted by molar-refractivity contribution is -0.0195. The van der Waals surface area contributed by atoms with E-state index in [4.69, 9.17) is 33.7 Å². The summed E-state index contributed by atoms with van der Waals surface area (Å²) in [6, 6.07) is 4.72. The summed E-state index contributed by atoms with van der Waals surface area (Å²) in [5, 5.41) is 11.0. The number of benzene rings is 1. The number of carbonyl (C=O) groups excluding carboxylic acids is 1. The SMILES string of the molecule is CC(C)C(OC(N)=O)C(O)c1cc(Cl)ccc1Cl. The van der Waals surface area contributed by atoms with Gasteiger partial charge >= 0.3 is 6.09 Å². The number of amides is 1. The molecular weight excluding hydrogens is 277 g/mol. The molecule has 0 radical (unpaired) electrons. The Hall–Kier alpha value is -0.970. The molecule has 1 aromatic carbocycles. The van der Waals surface area contributed by atoms with Crippen LogP contribution < -0.4 is 5.73 Å². The topological polar surface area (TPSA) is 72.5 Å². The first-order chi connectivity index (χ1) is 8.32. The Morgan fingerprint density at radius 2 is 2.00 bits per heavy atom. The molecule has 4 nitrogen and oxygen atoms in total. The molecule has 0 aliphatic heterocycles. The Labute approximate surface area is 116 Å². The minimum atomic E-state index is -1.08. The number of aliphatic hydroxyl groups is 1. The molecule has 3 N–H and O–H groups in total. The van der Waals surface area contributed by atoms with Crippen LogP contribution in [0.5, 0.6) is 0 Å². The monoisotopic (exact) mass is 291 g/mol. The molecule has 100 valence electrons. The molecule has 0 spiro atoms. The van der Waals surface area contributed by atoms with Crippen LogP contribution in [0.1, 0.15) is 25.5 Å². The standard InChI is InChI=1S/C12H15Cl2NO3/c1-6(2)11(18-12(15)17)10(16)8-5-7(13)3-4-9(8)14/h3-6,10-11,16H,1-2H3,(H2,15,17). The quantitative estimate of drug-likeness (QED) is 0.895. The molecule has 0 fully saturated rings. The van der Waals surface area contributed by atoms with Gasteiger partial charge in [-0.25, -0.2) is 4.79 Å². The zero-order valence-corrected chi connectivity index (χ0v) is 11.6. The Morgan fingerprint density at radius 1 is 1.39 bits per heavy atom. The molecule has 0 saturated carbocycles. The first-order valence-corrected chi connectivity index (χ1v) is 6.17. The maximum Gasteiger partial charge on any atom is 0.404 e. The van der Waals surface area contributed by atoms with Gasteiger partial charge in [0.1, 0.15) is 12.2 Å². The van der Waals surface area contributed by atoms with E-state index in [1.807, 2.05) is 0 Å². The molecule has 1 aromatic rings. The van der Waals surface area contributed by atoms with Crippen LogP contribution in [0.25, 0.3) is 0 Å². The van der Waals surface area contributed by atoms with E-state index >= 15 is 0 Å². The van der Waals surface area contributed by atoms with Crippen molar-refractivity contribution in [3.05, 3.63) is 33.8 Å². The van der Waals surface area contributed by atoms with Crippen molar-refractivity contribution in [1.82, 2.24) is 0 Å². The molecule has 0 aromatic heterocycles. The zero-order chi connectivity index (χ0) is 13.9. The Morgan fingerprint density at radius 3 is 2.50 bits per heavy atom. The lowest BCUT2D eigenvalue weighted by atomic mass is 9.96. The highest BCUT2D eigenvalue weighted by Gasteiger charge is 2.28. The number of ether oxygens (including phenoxy) is 1. The second-order valence-electron chi connectivity index (χ2n) is 4.26. The number of rotatable bonds is 4. The van der Waals surface area contributed by atoms with Gasteiger partial charge in [-0.15, -0.1) is 0 Å². The average molecular weight is 292 g/mol. The Bertz CT molecular complexity index is 437. The Balaban J connectivity index is 3.04. The van der Waals surface area contributed by atoms with Gasteiger partial charge in [0.25, 0.3) is 0 Å². The van der Waals surface area contributed by atoms with Gasteiger partial charge in [-0.1, -0.05) is 37.0 Å². The van der Waals surface area contributed by atoms with Crippen molar-refractivity contribution in [3.8, 4) is 0 Å². The highest BCUT2D eigenvalue weighted by molar-refractivity contribution is 6.33. The number of primary amides is 1. The smallest absolute Gasteiger partial charge is 0.404 e. The molecule has 0 aliphatic rings. The fraction of sp³-hybridized carbons (Fsp3) is 0.417. The first kappa shape index (κ1) is 15.1. The molecule has 0 heterocycles. The van der Waals surface area contributed by atoms with E-state index < -0.39 is 18.3 Å². The summed E-state index contributed by atoms with van der Waals surface area (Å²) in [6.07, 6.45) is -2.80. The van der Waals surface area contributed by atoms with Crippen LogP contribution in [-0.2, 0) is 4.74 Å². The lowest BCUT2D eigenvalue weighted by Gasteiger charge is -2.26. The van der Waals surface area contributed by atoms with E-state index in [-0.39, 0.29) is 5.92 Å². The van der Waals surface area contributed by atoms with Crippen molar-refractivity contribution in [2.24, 2.45) is 11.7 Å². The summed E-state index contributed by atoms with van der Waals surface area (Å²) in [6.45, 7) is 3.60. The summed E-state index contributed by atoms with van der Waals surface area (Å²) < 4.78 is 4.91. The van der Waals surface area contributed by atoms with Crippen LogP contribution >= 0.6 is 23.2 Å². The molecule has 1 amide bonds. The summed E-state index contributed by atoms with van der Waals surface area (Å²) in [5.41, 5.74) is 5.39. The molecule has 18 heavy (non-hydrogen) atoms. The minimum Gasteiger partial charge on any atom is -0.443 e. The van der Waals surface area contributed by atoms with Crippen LogP contribution in [0, 0.1) is 5.92 Å². The van der Waals surface area contributed by atoms with Gasteiger partial charge < -0.3 is 15.6 Å². The van der Waals surface area contributed by atoms with Gasteiger partial charge in [0.15, 0.2) is 0 Å². The third-order valence-corrected chi connectivity index (χ3v) is 3.08. The van der Waals surface area contributed by atoms with Crippen LogP contribution in [-0.4, -0.2) is 17.3 Å². The predicted octanol–water partition coefficient (Wildman–Crippen LogP) is 3.15. The van der Waals surface area contributed by atoms with Gasteiger partial charge in [0, 0.05) is 15.6 Å². The second-order valence-corrected chi connectivity index (χ2v) is 5.10. The highest BCUT2D eigenvalue weighted by atomic mass is 35.5. The van der Waals surface area contributed by atoms with Gasteiger partial charge in [0.05, 0.1) is 0 Å². The lowest BCUT2D eigenvalue weighted by Crippen LogP contribution is -2.32. The largest absolute Gasteiger partial charge is 0.443 e. The van der Waals surface area contributed by atoms with Gasteiger partial charge in [0.2, 0.25) is 0 Å². The number of hydrogen-bond donors (Lipinski definition) is 2. The van der Waals surface area contributed by atoms with Crippen molar-refractivity contribution in [2.45, 2.75) is 26.1 Å². The van der Waals surface area contributed by atoms with Crippen molar-refractivity contribution >= 4 is 29.3 Å². The van der Waals surface area contributed by atoms with E-state index in [2.05, 4.69) is 0 Å². The predicted molar refractivity (Wildman–Crippen MR) is 70.7 cm³/mol. The van der Waals surface area contributed by atoms with Crippen molar-refractivity contribution < 1.29 is 14.6 Å². The van der Waals surface area contributed by atoms with Gasteiger partial charge in [-0.05, 0) is 24.1 Å². The van der Waals surface area contributed by atoms with E-state index in [1.165, 1.54) is 6.07 Å². The normalized spacial score (nSPS) is 14.3. The van der Waals surface area contributed by atoms with Gasteiger partial charge in [-0.2, -0.15) is 0 Å². The molecule has 0 saturated heterocycles. The first-order valence-electron chi connectivity index (χ1n) is 5.42. The van der Waals surface area contributed by atoms with E-state index in [0.717, 1.165) is 0 Å². The number of carbonyl (C=O) groups is 1. The van der Waals surface area contributed by atoms with Crippen LogP contribution in [0.3, 0.4) is 0 Å². The van der Waals surface area contributed by atoms with E-state index in [0.29, 0.717) is 15.6 Å².